The van der Waals surface area contributed by atoms with Crippen molar-refractivity contribution in [3.63, 3.8) is 0 Å². The maximum atomic E-state index is 14.3. The fourth-order valence-electron chi connectivity index (χ4n) is 2.85. The van der Waals surface area contributed by atoms with E-state index < -0.39 is 16.3 Å². The van der Waals surface area contributed by atoms with E-state index in [0.717, 1.165) is 6.07 Å². The minimum atomic E-state index is -0.630. The molecule has 25 heavy (non-hydrogen) atoms. The van der Waals surface area contributed by atoms with Crippen LogP contribution in [-0.2, 0) is 4.74 Å². The number of carbonyl (C=O) groups excluding carboxylic acids is 1. The van der Waals surface area contributed by atoms with Gasteiger partial charge in [-0.25, -0.2) is 9.18 Å². The second kappa shape index (κ2) is 7.25. The summed E-state index contributed by atoms with van der Waals surface area (Å²) in [5.74, 6) is -0.630. The number of halogens is 1. The molecule has 0 spiro atoms. The zero-order valence-corrected chi connectivity index (χ0v) is 15.0. The van der Waals surface area contributed by atoms with E-state index in [1.807, 2.05) is 32.6 Å². The van der Waals surface area contributed by atoms with E-state index in [4.69, 9.17) is 4.74 Å². The highest BCUT2D eigenvalue weighted by atomic mass is 19.1. The van der Waals surface area contributed by atoms with Gasteiger partial charge >= 0.3 is 6.09 Å². The van der Waals surface area contributed by atoms with Crippen LogP contribution in [0.5, 0.6) is 0 Å². The summed E-state index contributed by atoms with van der Waals surface area (Å²) >= 11 is 0. The van der Waals surface area contributed by atoms with E-state index in [-0.39, 0.29) is 17.8 Å². The van der Waals surface area contributed by atoms with Crippen LogP contribution in [0.3, 0.4) is 0 Å². The van der Waals surface area contributed by atoms with E-state index in [1.165, 1.54) is 12.1 Å². The van der Waals surface area contributed by atoms with Crippen molar-refractivity contribution in [3.8, 4) is 0 Å². The van der Waals surface area contributed by atoms with E-state index in [0.29, 0.717) is 31.7 Å². The number of rotatable bonds is 3. The van der Waals surface area contributed by atoms with Crippen molar-refractivity contribution < 1.29 is 18.8 Å². The van der Waals surface area contributed by atoms with Crippen LogP contribution >= 0.6 is 0 Å². The molecule has 1 aliphatic rings. The molecule has 0 N–H and O–H groups in total. The maximum Gasteiger partial charge on any atom is 0.410 e. The summed E-state index contributed by atoms with van der Waals surface area (Å²) in [5.41, 5.74) is -0.537. The van der Waals surface area contributed by atoms with Crippen LogP contribution in [0.4, 0.5) is 20.6 Å². The standard InChI is InChI=1S/C17H24FN3O4/c1-5-12-11-19(8-9-20(12)16(22)25-17(2,3)4)15-7-6-13(21(23)24)10-14(15)18/h6-7,10,12H,5,8-9,11H2,1-4H3. The smallest absolute Gasteiger partial charge is 0.410 e. The molecule has 0 radical (unpaired) electrons. The lowest BCUT2D eigenvalue weighted by atomic mass is 10.1. The lowest BCUT2D eigenvalue weighted by Gasteiger charge is -2.42. The topological polar surface area (TPSA) is 75.9 Å². The molecular formula is C17H24FN3O4. The lowest BCUT2D eigenvalue weighted by Crippen LogP contribution is -2.56. The number of nitrogens with zero attached hydrogens (tertiary/aromatic N) is 3. The van der Waals surface area contributed by atoms with Crippen molar-refractivity contribution in [1.82, 2.24) is 4.90 Å². The normalized spacial score (nSPS) is 18.2. The average molecular weight is 353 g/mol. The largest absolute Gasteiger partial charge is 0.444 e. The van der Waals surface area contributed by atoms with Crippen molar-refractivity contribution in [2.75, 3.05) is 24.5 Å². The Labute approximate surface area is 146 Å². The van der Waals surface area contributed by atoms with Crippen LogP contribution in [-0.4, -0.2) is 47.2 Å². The van der Waals surface area contributed by atoms with Crippen molar-refractivity contribution in [1.29, 1.82) is 0 Å². The van der Waals surface area contributed by atoms with E-state index in [1.54, 1.807) is 4.90 Å². The number of benzene rings is 1. The predicted octanol–water partition coefficient (Wildman–Crippen LogP) is 3.57. The molecule has 8 heteroatoms. The number of hydrogen-bond acceptors (Lipinski definition) is 5. The summed E-state index contributed by atoms with van der Waals surface area (Å²) in [7, 11) is 0. The molecule has 1 fully saturated rings. The van der Waals surface area contributed by atoms with Gasteiger partial charge in [0.1, 0.15) is 5.60 Å². The number of anilines is 1. The first-order valence-corrected chi connectivity index (χ1v) is 8.31. The number of piperazine rings is 1. The summed E-state index contributed by atoms with van der Waals surface area (Å²) < 4.78 is 19.7. The molecule has 2 rings (SSSR count). The first kappa shape index (κ1) is 19.0. The fraction of sp³-hybridized carbons (Fsp3) is 0.588. The van der Waals surface area contributed by atoms with Gasteiger partial charge < -0.3 is 14.5 Å². The molecule has 0 bridgehead atoms. The van der Waals surface area contributed by atoms with Crippen LogP contribution in [0.1, 0.15) is 34.1 Å². The minimum Gasteiger partial charge on any atom is -0.444 e. The summed E-state index contributed by atoms with van der Waals surface area (Å²) in [6.45, 7) is 8.69. The summed E-state index contributed by atoms with van der Waals surface area (Å²) in [6, 6.07) is 3.53. The zero-order valence-electron chi connectivity index (χ0n) is 15.0. The molecule has 1 aliphatic heterocycles. The number of amides is 1. The molecule has 0 aromatic heterocycles. The van der Waals surface area contributed by atoms with Crippen LogP contribution in [0, 0.1) is 15.9 Å². The second-order valence-corrected chi connectivity index (χ2v) is 7.07. The Hall–Kier alpha value is -2.38. The molecule has 1 saturated heterocycles. The van der Waals surface area contributed by atoms with Gasteiger partial charge in [-0.05, 0) is 33.3 Å². The van der Waals surface area contributed by atoms with Crippen molar-refractivity contribution in [2.45, 2.75) is 45.8 Å². The van der Waals surface area contributed by atoms with E-state index in [2.05, 4.69) is 0 Å². The SMILES string of the molecule is CCC1CN(c2ccc([N+](=O)[O-])cc2F)CCN1C(=O)OC(C)(C)C. The molecule has 1 atom stereocenters. The highest BCUT2D eigenvalue weighted by Gasteiger charge is 2.33. The molecule has 1 aromatic rings. The number of nitro benzene ring substituents is 1. The molecule has 0 aliphatic carbocycles. The Morgan fingerprint density at radius 1 is 1.40 bits per heavy atom. The van der Waals surface area contributed by atoms with Gasteiger partial charge in [-0.1, -0.05) is 6.92 Å². The average Bonchev–Trinajstić information content (AvgIpc) is 2.52. The van der Waals surface area contributed by atoms with Crippen molar-refractivity contribution >= 4 is 17.5 Å². The molecule has 0 saturated carbocycles. The first-order valence-electron chi connectivity index (χ1n) is 8.31. The number of nitro groups is 1. The monoisotopic (exact) mass is 353 g/mol. The Kier molecular flexibility index (Phi) is 5.49. The molecule has 1 heterocycles. The van der Waals surface area contributed by atoms with Gasteiger partial charge in [0.25, 0.3) is 5.69 Å². The predicted molar refractivity (Wildman–Crippen MR) is 92.3 cm³/mol. The third-order valence-electron chi connectivity index (χ3n) is 4.06. The highest BCUT2D eigenvalue weighted by molar-refractivity contribution is 5.69. The van der Waals surface area contributed by atoms with Gasteiger partial charge in [0.05, 0.1) is 22.7 Å². The fourth-order valence-corrected chi connectivity index (χ4v) is 2.85. The summed E-state index contributed by atoms with van der Waals surface area (Å²) in [4.78, 5) is 25.9. The van der Waals surface area contributed by atoms with Gasteiger partial charge in [-0.3, -0.25) is 10.1 Å². The number of non-ortho nitro benzene ring substituents is 1. The molecular weight excluding hydrogens is 329 g/mol. The van der Waals surface area contributed by atoms with Gasteiger partial charge in [-0.15, -0.1) is 0 Å². The van der Waals surface area contributed by atoms with Crippen LogP contribution in [0.2, 0.25) is 0 Å². The van der Waals surface area contributed by atoms with E-state index in [9.17, 15) is 19.3 Å². The Morgan fingerprint density at radius 2 is 2.08 bits per heavy atom. The molecule has 1 aromatic carbocycles. The molecule has 1 unspecified atom stereocenters. The molecule has 138 valence electrons. The first-order chi connectivity index (χ1) is 11.6. The minimum absolute atomic E-state index is 0.113. The zero-order chi connectivity index (χ0) is 18.8. The number of carbonyl (C=O) groups is 1. The lowest BCUT2D eigenvalue weighted by molar-refractivity contribution is -0.385. The van der Waals surface area contributed by atoms with Crippen LogP contribution < -0.4 is 4.90 Å². The summed E-state index contributed by atoms with van der Waals surface area (Å²) in [5, 5.41) is 10.7. The third kappa shape index (κ3) is 4.58. The van der Waals surface area contributed by atoms with E-state index >= 15 is 0 Å². The quantitative estimate of drug-likeness (QED) is 0.613. The molecule has 1 amide bonds. The Balaban J connectivity index is 2.13. The van der Waals surface area contributed by atoms with Crippen molar-refractivity contribution in [2.24, 2.45) is 0 Å². The summed E-state index contributed by atoms with van der Waals surface area (Å²) in [6.07, 6.45) is 0.327. The van der Waals surface area contributed by atoms with Gasteiger partial charge in [0, 0.05) is 25.7 Å². The van der Waals surface area contributed by atoms with Crippen LogP contribution in [0.15, 0.2) is 18.2 Å². The van der Waals surface area contributed by atoms with Crippen molar-refractivity contribution in [3.05, 3.63) is 34.1 Å². The second-order valence-electron chi connectivity index (χ2n) is 7.07. The van der Waals surface area contributed by atoms with Crippen LogP contribution in [0.25, 0.3) is 0 Å². The van der Waals surface area contributed by atoms with Gasteiger partial charge in [-0.2, -0.15) is 0 Å². The Morgan fingerprint density at radius 3 is 2.60 bits per heavy atom. The Bertz CT molecular complexity index is 660. The number of hydrogen-bond donors (Lipinski definition) is 0. The molecule has 7 nitrogen and oxygen atoms in total. The highest BCUT2D eigenvalue weighted by Crippen LogP contribution is 2.27. The third-order valence-corrected chi connectivity index (χ3v) is 4.06. The number of ether oxygens (including phenoxy) is 1. The maximum absolute atomic E-state index is 14.3. The van der Waals surface area contributed by atoms with Gasteiger partial charge in [0.15, 0.2) is 5.82 Å². The van der Waals surface area contributed by atoms with Gasteiger partial charge in [0.2, 0.25) is 0 Å².